The SMILES string of the molecule is O=C(O)c1csc(CN2C(=O)/C(=C(\c3ccccc3)c3ccc(Cl)cc3)c3ccccc32)n1. The number of halogens is 1. The zero-order valence-corrected chi connectivity index (χ0v) is 18.8. The van der Waals surface area contributed by atoms with Crippen LogP contribution in [0.4, 0.5) is 5.69 Å². The summed E-state index contributed by atoms with van der Waals surface area (Å²) < 4.78 is 0. The van der Waals surface area contributed by atoms with Gasteiger partial charge in [-0.2, -0.15) is 0 Å². The van der Waals surface area contributed by atoms with Crippen LogP contribution in [0.15, 0.2) is 84.2 Å². The van der Waals surface area contributed by atoms with Crippen molar-refractivity contribution in [1.82, 2.24) is 4.98 Å². The summed E-state index contributed by atoms with van der Waals surface area (Å²) in [6.45, 7) is 0.194. The van der Waals surface area contributed by atoms with E-state index in [9.17, 15) is 14.7 Å². The molecule has 7 heteroatoms. The van der Waals surface area contributed by atoms with E-state index in [1.807, 2.05) is 78.9 Å². The molecule has 2 heterocycles. The molecule has 1 aliphatic rings. The van der Waals surface area contributed by atoms with Crippen molar-refractivity contribution in [2.75, 3.05) is 4.90 Å². The van der Waals surface area contributed by atoms with E-state index in [-0.39, 0.29) is 18.1 Å². The number of aromatic carboxylic acids is 1. The minimum atomic E-state index is -1.08. The molecule has 0 fully saturated rings. The number of carboxylic acid groups (broad SMARTS) is 1. The molecule has 1 aromatic heterocycles. The van der Waals surface area contributed by atoms with Gasteiger partial charge in [-0.25, -0.2) is 9.78 Å². The maximum absolute atomic E-state index is 13.9. The number of carboxylic acids is 1. The lowest BCUT2D eigenvalue weighted by Gasteiger charge is -2.16. The Labute approximate surface area is 199 Å². The molecule has 1 N–H and O–H groups in total. The molecule has 33 heavy (non-hydrogen) atoms. The molecular weight excluding hydrogens is 456 g/mol. The average Bonchev–Trinajstić information content (AvgIpc) is 3.41. The van der Waals surface area contributed by atoms with Gasteiger partial charge in [0.1, 0.15) is 5.01 Å². The number of anilines is 1. The van der Waals surface area contributed by atoms with Crippen LogP contribution in [0.2, 0.25) is 5.02 Å². The molecule has 0 bridgehead atoms. The van der Waals surface area contributed by atoms with Gasteiger partial charge in [0.25, 0.3) is 5.91 Å². The van der Waals surface area contributed by atoms with Gasteiger partial charge in [0.15, 0.2) is 5.69 Å². The van der Waals surface area contributed by atoms with E-state index >= 15 is 0 Å². The maximum atomic E-state index is 13.9. The molecule has 0 radical (unpaired) electrons. The summed E-state index contributed by atoms with van der Waals surface area (Å²) in [6, 6.07) is 24.9. The Balaban J connectivity index is 1.68. The smallest absolute Gasteiger partial charge is 0.355 e. The second-order valence-corrected chi connectivity index (χ2v) is 8.84. The van der Waals surface area contributed by atoms with Crippen LogP contribution in [0.1, 0.15) is 32.2 Å². The summed E-state index contributed by atoms with van der Waals surface area (Å²) in [5.74, 6) is -1.24. The van der Waals surface area contributed by atoms with E-state index in [0.717, 1.165) is 28.0 Å². The number of hydrogen-bond donors (Lipinski definition) is 1. The number of hydrogen-bond acceptors (Lipinski definition) is 4. The first-order chi connectivity index (χ1) is 16.0. The number of para-hydroxylation sites is 1. The highest BCUT2D eigenvalue weighted by Gasteiger charge is 2.35. The fourth-order valence-electron chi connectivity index (χ4n) is 3.97. The fourth-order valence-corrected chi connectivity index (χ4v) is 4.85. The summed E-state index contributed by atoms with van der Waals surface area (Å²) in [7, 11) is 0. The zero-order valence-electron chi connectivity index (χ0n) is 17.2. The topological polar surface area (TPSA) is 70.5 Å². The van der Waals surface area contributed by atoms with Crippen LogP contribution in [0.25, 0.3) is 11.1 Å². The summed E-state index contributed by atoms with van der Waals surface area (Å²) in [5, 5.41) is 11.9. The third kappa shape index (κ3) is 3.95. The quantitative estimate of drug-likeness (QED) is 0.361. The predicted octanol–water partition coefficient (Wildman–Crippen LogP) is 6.00. The van der Waals surface area contributed by atoms with Gasteiger partial charge in [-0.15, -0.1) is 11.3 Å². The van der Waals surface area contributed by atoms with Crippen molar-refractivity contribution in [2.24, 2.45) is 0 Å². The molecule has 3 aromatic carbocycles. The third-order valence-corrected chi connectivity index (χ3v) is 6.52. The number of thiazole rings is 1. The molecule has 0 saturated carbocycles. The van der Waals surface area contributed by atoms with Gasteiger partial charge in [0.05, 0.1) is 17.8 Å². The summed E-state index contributed by atoms with van der Waals surface area (Å²) in [6.07, 6.45) is 0. The first-order valence-corrected chi connectivity index (χ1v) is 11.4. The van der Waals surface area contributed by atoms with Gasteiger partial charge in [-0.3, -0.25) is 4.79 Å². The Kier molecular flexibility index (Phi) is 5.54. The molecule has 0 atom stereocenters. The first kappa shape index (κ1) is 21.1. The lowest BCUT2D eigenvalue weighted by molar-refractivity contribution is -0.113. The highest BCUT2D eigenvalue weighted by Crippen LogP contribution is 2.43. The monoisotopic (exact) mass is 472 g/mol. The van der Waals surface area contributed by atoms with Crippen LogP contribution in [-0.4, -0.2) is 22.0 Å². The number of amides is 1. The summed E-state index contributed by atoms with van der Waals surface area (Å²) in [4.78, 5) is 30.9. The Bertz CT molecular complexity index is 1390. The lowest BCUT2D eigenvalue weighted by Crippen LogP contribution is -2.26. The van der Waals surface area contributed by atoms with Gasteiger partial charge in [-0.05, 0) is 29.3 Å². The number of nitrogens with zero attached hydrogens (tertiary/aromatic N) is 2. The van der Waals surface area contributed by atoms with E-state index in [1.165, 1.54) is 16.7 Å². The number of carbonyl (C=O) groups is 2. The molecule has 0 spiro atoms. The van der Waals surface area contributed by atoms with E-state index in [0.29, 0.717) is 15.6 Å². The van der Waals surface area contributed by atoms with Gasteiger partial charge >= 0.3 is 5.97 Å². The highest BCUT2D eigenvalue weighted by atomic mass is 35.5. The number of fused-ring (bicyclic) bond motifs is 1. The number of carbonyl (C=O) groups excluding carboxylic acids is 1. The van der Waals surface area contributed by atoms with Crippen molar-refractivity contribution in [3.05, 3.63) is 117 Å². The van der Waals surface area contributed by atoms with Crippen LogP contribution in [0.3, 0.4) is 0 Å². The molecule has 0 unspecified atom stereocenters. The first-order valence-electron chi connectivity index (χ1n) is 10.2. The normalized spacial score (nSPS) is 14.3. The molecule has 4 aromatic rings. The number of aromatic nitrogens is 1. The van der Waals surface area contributed by atoms with Gasteiger partial charge in [0, 0.05) is 21.5 Å². The van der Waals surface area contributed by atoms with Gasteiger partial charge in [0.2, 0.25) is 0 Å². The lowest BCUT2D eigenvalue weighted by atomic mass is 9.90. The Morgan fingerprint density at radius 2 is 1.61 bits per heavy atom. The second kappa shape index (κ2) is 8.65. The fraction of sp³-hybridized carbons (Fsp3) is 0.0385. The molecular formula is C26H17ClN2O3S. The minimum Gasteiger partial charge on any atom is -0.476 e. The second-order valence-electron chi connectivity index (χ2n) is 7.46. The number of rotatable bonds is 5. The van der Waals surface area contributed by atoms with E-state index in [2.05, 4.69) is 4.98 Å². The Morgan fingerprint density at radius 1 is 0.939 bits per heavy atom. The molecule has 162 valence electrons. The maximum Gasteiger partial charge on any atom is 0.355 e. The standard InChI is InChI=1S/C26H17ClN2O3S/c27-18-12-10-17(11-13-18)23(16-6-2-1-3-7-16)24-19-8-4-5-9-21(19)29(25(24)30)14-22-28-20(15-33-22)26(31)32/h1-13,15H,14H2,(H,31,32)/b24-23+. The largest absolute Gasteiger partial charge is 0.476 e. The molecule has 1 amide bonds. The van der Waals surface area contributed by atoms with Crippen LogP contribution in [-0.2, 0) is 11.3 Å². The van der Waals surface area contributed by atoms with Gasteiger partial charge < -0.3 is 10.0 Å². The van der Waals surface area contributed by atoms with Crippen LogP contribution in [0.5, 0.6) is 0 Å². The van der Waals surface area contributed by atoms with Gasteiger partial charge in [-0.1, -0.05) is 72.3 Å². The van der Waals surface area contributed by atoms with E-state index in [4.69, 9.17) is 11.6 Å². The molecule has 5 nitrogen and oxygen atoms in total. The van der Waals surface area contributed by atoms with Crippen molar-refractivity contribution >= 4 is 51.6 Å². The van der Waals surface area contributed by atoms with Crippen LogP contribution >= 0.6 is 22.9 Å². The Morgan fingerprint density at radius 3 is 2.30 bits per heavy atom. The highest BCUT2D eigenvalue weighted by molar-refractivity contribution is 7.09. The average molecular weight is 473 g/mol. The van der Waals surface area contributed by atoms with Crippen molar-refractivity contribution in [1.29, 1.82) is 0 Å². The van der Waals surface area contributed by atoms with Crippen LogP contribution in [0, 0.1) is 0 Å². The predicted molar refractivity (Wildman–Crippen MR) is 131 cm³/mol. The van der Waals surface area contributed by atoms with Crippen LogP contribution < -0.4 is 4.90 Å². The van der Waals surface area contributed by atoms with Crippen molar-refractivity contribution in [3.8, 4) is 0 Å². The minimum absolute atomic E-state index is 0.0168. The van der Waals surface area contributed by atoms with Crippen molar-refractivity contribution in [3.63, 3.8) is 0 Å². The van der Waals surface area contributed by atoms with Crippen molar-refractivity contribution in [2.45, 2.75) is 6.54 Å². The summed E-state index contributed by atoms with van der Waals surface area (Å²) in [5.41, 5.74) is 4.79. The molecule has 5 rings (SSSR count). The third-order valence-electron chi connectivity index (χ3n) is 5.43. The molecule has 0 saturated heterocycles. The van der Waals surface area contributed by atoms with E-state index < -0.39 is 5.97 Å². The molecule has 0 aliphatic carbocycles. The summed E-state index contributed by atoms with van der Waals surface area (Å²) >= 11 is 7.36. The zero-order chi connectivity index (χ0) is 22.9. The number of benzene rings is 3. The van der Waals surface area contributed by atoms with E-state index in [1.54, 1.807) is 4.90 Å². The van der Waals surface area contributed by atoms with Crippen molar-refractivity contribution < 1.29 is 14.7 Å². The molecule has 1 aliphatic heterocycles. The Hall–Kier alpha value is -3.74.